The molecule has 0 fully saturated rings. The Balaban J connectivity index is 3.15. The van der Waals surface area contributed by atoms with Crippen LogP contribution in [0, 0.1) is 0 Å². The first-order chi connectivity index (χ1) is 3.06. The van der Waals surface area contributed by atoms with Gasteiger partial charge in [-0.1, -0.05) is 0 Å². The van der Waals surface area contributed by atoms with Crippen LogP contribution in [0.5, 0.6) is 0 Å². The number of alkyl halides is 3. The molecule has 0 spiro atoms. The standard InChI is InChI=1S/C2H2F3O.Ti/c3-2(4,5)1-6;/h1H2;/q-1;+1. The molecule has 5 heteroatoms. The zero-order valence-corrected chi connectivity index (χ0v) is 4.81. The maximum absolute atomic E-state index is 10.9. The van der Waals surface area contributed by atoms with Crippen LogP contribution in [0.4, 0.5) is 13.2 Å². The molecule has 0 aliphatic rings. The molecule has 1 nitrogen and oxygen atoms in total. The summed E-state index contributed by atoms with van der Waals surface area (Å²) in [6.45, 7) is -1.16. The first-order valence-corrected chi connectivity index (χ1v) is 2.05. The quantitative estimate of drug-likeness (QED) is 0.503. The zero-order chi connectivity index (χ0) is 5.91. The van der Waals surface area contributed by atoms with E-state index in [1.54, 1.807) is 0 Å². The Morgan fingerprint density at radius 1 is 1.43 bits per heavy atom. The normalized spacial score (nSPS) is 11.7. The van der Waals surface area contributed by atoms with Gasteiger partial charge in [0.05, 0.1) is 0 Å². The van der Waals surface area contributed by atoms with Gasteiger partial charge in [-0.05, 0) is 0 Å². The minimum absolute atomic E-state index is 1.01. The van der Waals surface area contributed by atoms with Gasteiger partial charge in [-0.15, -0.1) is 0 Å². The predicted molar refractivity (Wildman–Crippen MR) is 12.0 cm³/mol. The second-order valence-electron chi connectivity index (χ2n) is 0.904. The maximum atomic E-state index is 10.9. The van der Waals surface area contributed by atoms with Crippen LogP contribution < -0.4 is 0 Å². The zero-order valence-electron chi connectivity index (χ0n) is 3.25. The minimum atomic E-state index is -4.17. The van der Waals surface area contributed by atoms with Crippen LogP contribution in [0.2, 0.25) is 0 Å². The first kappa shape index (κ1) is 7.46. The van der Waals surface area contributed by atoms with Crippen LogP contribution in [-0.2, 0) is 24.1 Å². The summed E-state index contributed by atoms with van der Waals surface area (Å²) >= 11 is 1.01. The molecule has 0 amide bonds. The van der Waals surface area contributed by atoms with Gasteiger partial charge in [0.1, 0.15) is 0 Å². The molecular weight excluding hydrogens is 145 g/mol. The Morgan fingerprint density at radius 3 is 1.86 bits per heavy atom. The van der Waals surface area contributed by atoms with E-state index in [1.807, 2.05) is 0 Å². The number of hydrogen-bond donors (Lipinski definition) is 0. The summed E-state index contributed by atoms with van der Waals surface area (Å²) in [5, 5.41) is 0. The predicted octanol–water partition coefficient (Wildman–Crippen LogP) is 1.03. The summed E-state index contributed by atoms with van der Waals surface area (Å²) < 4.78 is 36.6. The van der Waals surface area contributed by atoms with E-state index in [4.69, 9.17) is 0 Å². The van der Waals surface area contributed by atoms with Crippen molar-refractivity contribution >= 4 is 0 Å². The van der Waals surface area contributed by atoms with Gasteiger partial charge >= 0.3 is 50.1 Å². The second-order valence-corrected chi connectivity index (χ2v) is 1.35. The molecule has 0 N–H and O–H groups in total. The van der Waals surface area contributed by atoms with Crippen LogP contribution >= 0.6 is 0 Å². The molecule has 0 saturated heterocycles. The van der Waals surface area contributed by atoms with Crippen molar-refractivity contribution in [1.82, 2.24) is 0 Å². The molecular formula is C2H2F3OTi. The van der Waals surface area contributed by atoms with Crippen molar-refractivity contribution in [2.75, 3.05) is 6.61 Å². The van der Waals surface area contributed by atoms with E-state index in [-0.39, 0.29) is 0 Å². The van der Waals surface area contributed by atoms with Crippen LogP contribution in [0.3, 0.4) is 0 Å². The van der Waals surface area contributed by atoms with Gasteiger partial charge in [0, 0.05) is 0 Å². The van der Waals surface area contributed by atoms with Gasteiger partial charge < -0.3 is 0 Å². The van der Waals surface area contributed by atoms with Crippen molar-refractivity contribution in [3.05, 3.63) is 0 Å². The van der Waals surface area contributed by atoms with Crippen molar-refractivity contribution in [2.24, 2.45) is 0 Å². The average molecular weight is 147 g/mol. The molecule has 41 valence electrons. The summed E-state index contributed by atoms with van der Waals surface area (Å²) in [5.74, 6) is 0. The molecule has 0 rings (SSSR count). The second kappa shape index (κ2) is 2.69. The van der Waals surface area contributed by atoms with Crippen molar-refractivity contribution < 1.29 is 37.3 Å². The number of hydrogen-bond acceptors (Lipinski definition) is 1. The summed E-state index contributed by atoms with van der Waals surface area (Å²) in [6.07, 6.45) is -4.17. The molecule has 0 unspecified atom stereocenters. The van der Waals surface area contributed by atoms with Gasteiger partial charge in [0.15, 0.2) is 0 Å². The summed E-state index contributed by atoms with van der Waals surface area (Å²) in [4.78, 5) is 0. The number of halogens is 3. The Hall–Kier alpha value is 0.464. The third-order valence-electron chi connectivity index (χ3n) is 0.236. The van der Waals surface area contributed by atoms with E-state index < -0.39 is 12.8 Å². The fourth-order valence-electron chi connectivity index (χ4n) is 0.0818. The van der Waals surface area contributed by atoms with Crippen LogP contribution in [0.15, 0.2) is 0 Å². The van der Waals surface area contributed by atoms with E-state index in [9.17, 15) is 13.2 Å². The Labute approximate surface area is 50.7 Å². The molecule has 0 aromatic rings. The first-order valence-electron chi connectivity index (χ1n) is 1.41. The molecule has 0 aliphatic carbocycles. The third kappa shape index (κ3) is 6.46. The van der Waals surface area contributed by atoms with Crippen molar-refractivity contribution in [1.29, 1.82) is 0 Å². The van der Waals surface area contributed by atoms with Crippen LogP contribution in [0.1, 0.15) is 0 Å². The Morgan fingerprint density at radius 2 is 1.86 bits per heavy atom. The third-order valence-corrected chi connectivity index (χ3v) is 0.461. The summed E-state index contributed by atoms with van der Waals surface area (Å²) in [6, 6.07) is 0. The summed E-state index contributed by atoms with van der Waals surface area (Å²) in [5.41, 5.74) is 0. The molecule has 0 heterocycles. The van der Waals surface area contributed by atoms with E-state index >= 15 is 0 Å². The molecule has 0 atom stereocenters. The van der Waals surface area contributed by atoms with Gasteiger partial charge in [0.2, 0.25) is 0 Å². The van der Waals surface area contributed by atoms with Crippen LogP contribution in [0.25, 0.3) is 0 Å². The monoisotopic (exact) mass is 147 g/mol. The molecule has 0 bridgehead atoms. The molecule has 0 saturated carbocycles. The molecule has 0 radical (unpaired) electrons. The molecule has 0 aromatic heterocycles. The van der Waals surface area contributed by atoms with Crippen molar-refractivity contribution in [2.45, 2.75) is 6.18 Å². The molecule has 0 aromatic carbocycles. The Bertz CT molecular complexity index is 51.4. The summed E-state index contributed by atoms with van der Waals surface area (Å²) in [7, 11) is 0. The van der Waals surface area contributed by atoms with Crippen LogP contribution in [-0.4, -0.2) is 12.8 Å². The number of rotatable bonds is 1. The molecule has 0 aliphatic heterocycles. The average Bonchev–Trinajstić information content (AvgIpc) is 1.30. The SMILES string of the molecule is FC(F)(F)C[O][Ti]. The van der Waals surface area contributed by atoms with Crippen molar-refractivity contribution in [3.63, 3.8) is 0 Å². The van der Waals surface area contributed by atoms with E-state index in [1.165, 1.54) is 0 Å². The Kier molecular flexibility index (Phi) is 2.87. The van der Waals surface area contributed by atoms with Gasteiger partial charge in [-0.3, -0.25) is 0 Å². The van der Waals surface area contributed by atoms with E-state index in [0.29, 0.717) is 0 Å². The van der Waals surface area contributed by atoms with Gasteiger partial charge in [0.25, 0.3) is 0 Å². The fourth-order valence-corrected chi connectivity index (χ4v) is 0.337. The van der Waals surface area contributed by atoms with E-state index in [2.05, 4.69) is 3.32 Å². The molecule has 7 heavy (non-hydrogen) atoms. The van der Waals surface area contributed by atoms with Gasteiger partial charge in [-0.25, -0.2) is 0 Å². The topological polar surface area (TPSA) is 9.23 Å². The fraction of sp³-hybridized carbons (Fsp3) is 1.00. The van der Waals surface area contributed by atoms with E-state index in [0.717, 1.165) is 20.8 Å². The van der Waals surface area contributed by atoms with Crippen molar-refractivity contribution in [3.8, 4) is 0 Å². The van der Waals surface area contributed by atoms with Gasteiger partial charge in [-0.2, -0.15) is 0 Å².